The second-order valence-corrected chi connectivity index (χ2v) is 9.40. The Bertz CT molecular complexity index is 622. The van der Waals surface area contributed by atoms with Crippen LogP contribution in [-0.4, -0.2) is 79.5 Å². The predicted octanol–water partition coefficient (Wildman–Crippen LogP) is 3.79. The molecule has 29 heavy (non-hydrogen) atoms. The molecular weight excluding hydrogens is 495 g/mol. The molecule has 5 nitrogen and oxygen atoms in total. The first kappa shape index (κ1) is 24.8. The van der Waals surface area contributed by atoms with Gasteiger partial charge in [-0.25, -0.2) is 0 Å². The summed E-state index contributed by atoms with van der Waals surface area (Å²) in [4.78, 5) is 11.4. The Kier molecular flexibility index (Phi) is 10.6. The third-order valence-corrected chi connectivity index (χ3v) is 6.88. The van der Waals surface area contributed by atoms with Gasteiger partial charge in [0.2, 0.25) is 0 Å². The number of benzene rings is 1. The molecule has 2 aliphatic rings. The van der Waals surface area contributed by atoms with Gasteiger partial charge in [-0.1, -0.05) is 18.2 Å². The fourth-order valence-corrected chi connectivity index (χ4v) is 4.90. The maximum absolute atomic E-state index is 5.51. The first-order chi connectivity index (χ1) is 13.6. The number of aliphatic imine (C=N–C) groups is 1. The molecule has 2 heterocycles. The summed E-state index contributed by atoms with van der Waals surface area (Å²) in [5, 5.41) is 3.52. The van der Waals surface area contributed by atoms with E-state index in [1.54, 1.807) is 0 Å². The number of hydrogen-bond acceptors (Lipinski definition) is 4. The molecule has 1 aromatic carbocycles. The van der Waals surface area contributed by atoms with Crippen LogP contribution >= 0.6 is 35.7 Å². The Morgan fingerprint density at radius 2 is 1.93 bits per heavy atom. The van der Waals surface area contributed by atoms with Gasteiger partial charge in [0.05, 0.1) is 19.8 Å². The van der Waals surface area contributed by atoms with Crippen LogP contribution in [0.25, 0.3) is 0 Å². The van der Waals surface area contributed by atoms with Gasteiger partial charge < -0.3 is 15.0 Å². The van der Waals surface area contributed by atoms with Crippen molar-refractivity contribution in [3.8, 4) is 0 Å². The molecule has 2 fully saturated rings. The van der Waals surface area contributed by atoms with Gasteiger partial charge in [0.1, 0.15) is 0 Å². The summed E-state index contributed by atoms with van der Waals surface area (Å²) in [5.41, 5.74) is 0.0622. The molecule has 164 valence electrons. The van der Waals surface area contributed by atoms with Crippen molar-refractivity contribution in [3.05, 3.63) is 30.3 Å². The van der Waals surface area contributed by atoms with E-state index in [1.807, 2.05) is 11.8 Å². The SMILES string of the molecule is CCNC(=NCC(C)(C)N1CCOCC1)N1CCC(CSc2ccccc2)C1.I. The van der Waals surface area contributed by atoms with Crippen molar-refractivity contribution in [1.29, 1.82) is 0 Å². The van der Waals surface area contributed by atoms with Crippen LogP contribution in [0.15, 0.2) is 40.2 Å². The summed E-state index contributed by atoms with van der Waals surface area (Å²) >= 11 is 1.98. The molecule has 1 aromatic rings. The number of nitrogens with one attached hydrogen (secondary N) is 1. The van der Waals surface area contributed by atoms with Crippen LogP contribution in [0.4, 0.5) is 0 Å². The normalized spacial score (nSPS) is 21.1. The molecule has 2 saturated heterocycles. The highest BCUT2D eigenvalue weighted by Gasteiger charge is 2.29. The molecule has 3 rings (SSSR count). The fourth-order valence-electron chi connectivity index (χ4n) is 3.85. The highest BCUT2D eigenvalue weighted by atomic mass is 127. The summed E-state index contributed by atoms with van der Waals surface area (Å²) in [5.74, 6) is 2.98. The quantitative estimate of drug-likeness (QED) is 0.251. The van der Waals surface area contributed by atoms with Crippen LogP contribution in [-0.2, 0) is 4.74 Å². The predicted molar refractivity (Wildman–Crippen MR) is 135 cm³/mol. The van der Waals surface area contributed by atoms with E-state index in [-0.39, 0.29) is 29.5 Å². The van der Waals surface area contributed by atoms with E-state index in [4.69, 9.17) is 9.73 Å². The van der Waals surface area contributed by atoms with Crippen LogP contribution in [0.2, 0.25) is 0 Å². The van der Waals surface area contributed by atoms with Gasteiger partial charge in [0, 0.05) is 48.9 Å². The van der Waals surface area contributed by atoms with Crippen LogP contribution < -0.4 is 5.32 Å². The van der Waals surface area contributed by atoms with Crippen LogP contribution in [0.3, 0.4) is 0 Å². The molecule has 0 bridgehead atoms. The third-order valence-electron chi connectivity index (χ3n) is 5.63. The van der Waals surface area contributed by atoms with E-state index in [9.17, 15) is 0 Å². The lowest BCUT2D eigenvalue weighted by molar-refractivity contribution is -0.00688. The number of nitrogens with zero attached hydrogens (tertiary/aromatic N) is 3. The highest BCUT2D eigenvalue weighted by Crippen LogP contribution is 2.26. The van der Waals surface area contributed by atoms with Gasteiger partial charge in [0.25, 0.3) is 0 Å². The van der Waals surface area contributed by atoms with E-state index < -0.39 is 0 Å². The Morgan fingerprint density at radius 1 is 1.21 bits per heavy atom. The number of halogens is 1. The van der Waals surface area contributed by atoms with Gasteiger partial charge in [-0.3, -0.25) is 9.89 Å². The van der Waals surface area contributed by atoms with E-state index in [0.717, 1.165) is 64.4 Å². The van der Waals surface area contributed by atoms with Gasteiger partial charge >= 0.3 is 0 Å². The standard InChI is InChI=1S/C22H36N4OS.HI/c1-4-23-21(24-18-22(2,3)26-12-14-27-15-13-26)25-11-10-19(16-25)17-28-20-8-6-5-7-9-20;/h5-9,19H,4,10-18H2,1-3H3,(H,23,24);1H. The number of ether oxygens (including phenoxy) is 1. The van der Waals surface area contributed by atoms with Crippen molar-refractivity contribution in [3.63, 3.8) is 0 Å². The topological polar surface area (TPSA) is 40.1 Å². The number of rotatable bonds is 7. The molecule has 0 radical (unpaired) electrons. The van der Waals surface area contributed by atoms with Crippen LogP contribution in [0, 0.1) is 5.92 Å². The summed E-state index contributed by atoms with van der Waals surface area (Å²) in [7, 11) is 0. The molecule has 0 spiro atoms. The molecule has 7 heteroatoms. The summed E-state index contributed by atoms with van der Waals surface area (Å²) in [6.07, 6.45) is 1.25. The molecule has 1 N–H and O–H groups in total. The minimum absolute atomic E-state index is 0. The molecule has 0 amide bonds. The molecule has 1 atom stereocenters. The first-order valence-electron chi connectivity index (χ1n) is 10.6. The van der Waals surface area contributed by atoms with Crippen molar-refractivity contribution in [2.45, 2.75) is 37.6 Å². The average Bonchev–Trinajstić information content (AvgIpc) is 3.20. The van der Waals surface area contributed by atoms with Crippen LogP contribution in [0.5, 0.6) is 0 Å². The van der Waals surface area contributed by atoms with E-state index in [2.05, 4.69) is 66.2 Å². The van der Waals surface area contributed by atoms with Crippen molar-refractivity contribution in [2.75, 3.05) is 58.2 Å². The van der Waals surface area contributed by atoms with Crippen molar-refractivity contribution >= 4 is 41.7 Å². The second-order valence-electron chi connectivity index (χ2n) is 8.31. The van der Waals surface area contributed by atoms with E-state index in [0.29, 0.717) is 0 Å². The van der Waals surface area contributed by atoms with Crippen molar-refractivity contribution < 1.29 is 4.74 Å². The van der Waals surface area contributed by atoms with Gasteiger partial charge in [-0.05, 0) is 45.2 Å². The summed E-state index contributed by atoms with van der Waals surface area (Å²) < 4.78 is 5.51. The van der Waals surface area contributed by atoms with Crippen molar-refractivity contribution in [1.82, 2.24) is 15.1 Å². The minimum atomic E-state index is 0. The molecule has 1 unspecified atom stereocenters. The van der Waals surface area contributed by atoms with Gasteiger partial charge in [-0.2, -0.15) is 0 Å². The molecular formula is C22H37IN4OS. The molecule has 0 saturated carbocycles. The fraction of sp³-hybridized carbons (Fsp3) is 0.682. The maximum Gasteiger partial charge on any atom is 0.193 e. The smallest absolute Gasteiger partial charge is 0.193 e. The Morgan fingerprint density at radius 3 is 2.62 bits per heavy atom. The Hall–Kier alpha value is -0.510. The number of hydrogen-bond donors (Lipinski definition) is 1. The molecule has 0 aliphatic carbocycles. The maximum atomic E-state index is 5.51. The molecule has 0 aromatic heterocycles. The zero-order valence-electron chi connectivity index (χ0n) is 18.1. The lowest BCUT2D eigenvalue weighted by Crippen LogP contribution is -2.52. The summed E-state index contributed by atoms with van der Waals surface area (Å²) in [6.45, 7) is 14.4. The molecule has 2 aliphatic heterocycles. The number of thioether (sulfide) groups is 1. The zero-order valence-corrected chi connectivity index (χ0v) is 21.2. The largest absolute Gasteiger partial charge is 0.379 e. The third kappa shape index (κ3) is 7.60. The van der Waals surface area contributed by atoms with E-state index in [1.165, 1.54) is 17.1 Å². The monoisotopic (exact) mass is 532 g/mol. The van der Waals surface area contributed by atoms with Gasteiger partial charge in [-0.15, -0.1) is 35.7 Å². The number of morpholine rings is 1. The minimum Gasteiger partial charge on any atom is -0.379 e. The van der Waals surface area contributed by atoms with Crippen LogP contribution in [0.1, 0.15) is 27.2 Å². The Labute approximate surface area is 198 Å². The first-order valence-corrected chi connectivity index (χ1v) is 11.6. The lowest BCUT2D eigenvalue weighted by atomic mass is 10.0. The average molecular weight is 533 g/mol. The van der Waals surface area contributed by atoms with Gasteiger partial charge in [0.15, 0.2) is 5.96 Å². The number of guanidine groups is 1. The number of likely N-dealkylation sites (tertiary alicyclic amines) is 1. The Balaban J connectivity index is 0.00000300. The zero-order chi connectivity index (χ0) is 19.8. The van der Waals surface area contributed by atoms with Crippen molar-refractivity contribution in [2.24, 2.45) is 10.9 Å². The summed E-state index contributed by atoms with van der Waals surface area (Å²) in [6, 6.07) is 10.7. The van der Waals surface area contributed by atoms with E-state index >= 15 is 0 Å². The second kappa shape index (κ2) is 12.4. The lowest BCUT2D eigenvalue weighted by Gasteiger charge is -2.40. The highest BCUT2D eigenvalue weighted by molar-refractivity contribution is 14.0.